The quantitative estimate of drug-likeness (QED) is 0.495. The highest BCUT2D eigenvalue weighted by Crippen LogP contribution is 2.27. The van der Waals surface area contributed by atoms with Crippen molar-refractivity contribution in [1.29, 1.82) is 0 Å². The summed E-state index contributed by atoms with van der Waals surface area (Å²) < 4.78 is 43.4. The molecule has 0 spiro atoms. The molecule has 3 aromatic rings. The van der Waals surface area contributed by atoms with Crippen LogP contribution in [0.15, 0.2) is 33.7 Å². The van der Waals surface area contributed by atoms with E-state index in [1.165, 1.54) is 22.9 Å². The molecule has 1 fully saturated rings. The molecule has 0 unspecified atom stereocenters. The minimum absolute atomic E-state index is 0.00941. The maximum absolute atomic E-state index is 12.6. The third kappa shape index (κ3) is 4.93. The summed E-state index contributed by atoms with van der Waals surface area (Å²) in [6, 6.07) is 4.05. The summed E-state index contributed by atoms with van der Waals surface area (Å²) >= 11 is 3.17. The van der Waals surface area contributed by atoms with E-state index < -0.39 is 12.1 Å². The second-order valence-electron chi connectivity index (χ2n) is 7.03. The second kappa shape index (κ2) is 8.26. The van der Waals surface area contributed by atoms with Crippen LogP contribution in [0.5, 0.6) is 5.75 Å². The molecule has 1 aromatic carbocycles. The number of halogens is 4. The van der Waals surface area contributed by atoms with Gasteiger partial charge in [-0.25, -0.2) is 9.78 Å². The molecular weight excluding hydrogens is 469 g/mol. The normalized spacial score (nSPS) is 16.9. The predicted molar refractivity (Wildman–Crippen MR) is 108 cm³/mol. The molecular formula is C18H18BrF3N6O2. The van der Waals surface area contributed by atoms with Crippen LogP contribution in [0.1, 0.15) is 12.0 Å². The van der Waals surface area contributed by atoms with Crippen LogP contribution in [0.3, 0.4) is 0 Å². The molecule has 0 radical (unpaired) electrons. The third-order valence-corrected chi connectivity index (χ3v) is 5.19. The van der Waals surface area contributed by atoms with Crippen LogP contribution in [0.2, 0.25) is 0 Å². The Kier molecular flexibility index (Phi) is 5.69. The van der Waals surface area contributed by atoms with Crippen molar-refractivity contribution < 1.29 is 17.9 Å². The van der Waals surface area contributed by atoms with Crippen LogP contribution in [0, 0.1) is 5.92 Å². The fourth-order valence-corrected chi connectivity index (χ4v) is 3.91. The van der Waals surface area contributed by atoms with Gasteiger partial charge in [0.2, 0.25) is 5.95 Å². The molecule has 0 saturated carbocycles. The van der Waals surface area contributed by atoms with Crippen LogP contribution in [0.25, 0.3) is 11.2 Å². The summed E-state index contributed by atoms with van der Waals surface area (Å²) in [6.45, 7) is 2.62. The van der Waals surface area contributed by atoms with Gasteiger partial charge in [0.1, 0.15) is 11.3 Å². The van der Waals surface area contributed by atoms with Crippen LogP contribution < -0.4 is 21.1 Å². The van der Waals surface area contributed by atoms with Crippen LogP contribution in [-0.4, -0.2) is 45.5 Å². The molecule has 2 aromatic heterocycles. The molecule has 12 heteroatoms. The van der Waals surface area contributed by atoms with Gasteiger partial charge in [-0.05, 0) is 49.2 Å². The van der Waals surface area contributed by atoms with Gasteiger partial charge in [0, 0.05) is 11.0 Å². The van der Waals surface area contributed by atoms with Gasteiger partial charge in [0.15, 0.2) is 5.65 Å². The molecule has 8 nitrogen and oxygen atoms in total. The highest BCUT2D eigenvalue weighted by atomic mass is 79.9. The molecule has 3 heterocycles. The van der Waals surface area contributed by atoms with Crippen molar-refractivity contribution in [3.63, 3.8) is 0 Å². The van der Waals surface area contributed by atoms with Crippen molar-refractivity contribution in [2.24, 2.45) is 5.92 Å². The van der Waals surface area contributed by atoms with Crippen molar-refractivity contribution in [1.82, 2.24) is 24.8 Å². The smallest absolute Gasteiger partial charge is 0.406 e. The molecule has 0 bridgehead atoms. The molecule has 1 aliphatic heterocycles. The van der Waals surface area contributed by atoms with Crippen molar-refractivity contribution >= 4 is 33.0 Å². The van der Waals surface area contributed by atoms with E-state index in [0.29, 0.717) is 39.6 Å². The summed E-state index contributed by atoms with van der Waals surface area (Å²) in [5.41, 5.74) is 0.807. The number of H-pyrrole nitrogens is 1. The number of imidazole rings is 1. The van der Waals surface area contributed by atoms with E-state index in [0.717, 1.165) is 19.5 Å². The molecule has 160 valence electrons. The number of aromatic amines is 1. The Balaban J connectivity index is 1.59. The van der Waals surface area contributed by atoms with Crippen LogP contribution >= 0.6 is 15.9 Å². The summed E-state index contributed by atoms with van der Waals surface area (Å²) in [4.78, 5) is 23.7. The van der Waals surface area contributed by atoms with Gasteiger partial charge in [-0.2, -0.15) is 4.98 Å². The van der Waals surface area contributed by atoms with E-state index in [4.69, 9.17) is 0 Å². The lowest BCUT2D eigenvalue weighted by Gasteiger charge is -2.12. The topological polar surface area (TPSA) is 96.9 Å². The molecule has 1 saturated heterocycles. The number of nitrogens with zero attached hydrogens (tertiary/aromatic N) is 3. The highest BCUT2D eigenvalue weighted by Gasteiger charge is 2.31. The van der Waals surface area contributed by atoms with Gasteiger partial charge in [0.05, 0.1) is 12.7 Å². The Labute approximate surface area is 177 Å². The lowest BCUT2D eigenvalue weighted by atomic mass is 10.1. The van der Waals surface area contributed by atoms with Crippen molar-refractivity contribution in [3.05, 3.63) is 44.9 Å². The van der Waals surface area contributed by atoms with E-state index in [-0.39, 0.29) is 12.3 Å². The van der Waals surface area contributed by atoms with E-state index >= 15 is 0 Å². The summed E-state index contributed by atoms with van der Waals surface area (Å²) in [7, 11) is 0. The Morgan fingerprint density at radius 1 is 1.33 bits per heavy atom. The van der Waals surface area contributed by atoms with Gasteiger partial charge in [-0.1, -0.05) is 15.9 Å². The fraction of sp³-hybridized carbons (Fsp3) is 0.389. The summed E-state index contributed by atoms with van der Waals surface area (Å²) in [5.74, 6) is 0.492. The van der Waals surface area contributed by atoms with Crippen molar-refractivity contribution in [2.45, 2.75) is 19.3 Å². The third-order valence-electron chi connectivity index (χ3n) is 4.73. The number of ether oxygens (including phenoxy) is 1. The van der Waals surface area contributed by atoms with Gasteiger partial charge in [-0.15, -0.1) is 13.2 Å². The molecule has 3 N–H and O–H groups in total. The first kappa shape index (κ1) is 20.7. The molecule has 1 atom stereocenters. The number of nitrogens with one attached hydrogen (secondary N) is 3. The first-order valence-electron chi connectivity index (χ1n) is 9.22. The molecule has 4 rings (SSSR count). The Hall–Kier alpha value is -2.60. The Morgan fingerprint density at radius 2 is 2.17 bits per heavy atom. The van der Waals surface area contributed by atoms with E-state index in [1.807, 2.05) is 0 Å². The number of hydrogen-bond donors (Lipinski definition) is 3. The van der Waals surface area contributed by atoms with E-state index in [1.54, 1.807) is 6.07 Å². The first-order chi connectivity index (χ1) is 14.3. The number of alkyl halides is 3. The first-order valence-corrected chi connectivity index (χ1v) is 10.0. The largest absolute Gasteiger partial charge is 0.573 e. The molecule has 30 heavy (non-hydrogen) atoms. The van der Waals surface area contributed by atoms with E-state index in [2.05, 4.69) is 46.3 Å². The molecule has 0 aliphatic carbocycles. The standard InChI is InChI=1S/C18H18BrF3N6O2/c19-12-3-11(4-13(5-12)30-18(20,21)22)9-28-15-14(26-17(28)29)8-25-16(27-15)24-7-10-1-2-23-6-10/h3-5,8,10,23H,1-2,6-7,9H2,(H,26,29)(H,24,25,27)/t10-/m1/s1. The number of rotatable bonds is 6. The average Bonchev–Trinajstić information content (AvgIpc) is 3.26. The Bertz CT molecular complexity index is 1110. The van der Waals surface area contributed by atoms with Crippen LogP contribution in [-0.2, 0) is 6.54 Å². The zero-order valence-electron chi connectivity index (χ0n) is 15.6. The van der Waals surface area contributed by atoms with Crippen molar-refractivity contribution in [2.75, 3.05) is 25.0 Å². The summed E-state index contributed by atoms with van der Waals surface area (Å²) in [6.07, 6.45) is -2.23. The highest BCUT2D eigenvalue weighted by molar-refractivity contribution is 9.10. The molecule has 1 aliphatic rings. The van der Waals surface area contributed by atoms with Crippen molar-refractivity contribution in [3.8, 4) is 5.75 Å². The maximum Gasteiger partial charge on any atom is 0.573 e. The lowest BCUT2D eigenvalue weighted by Crippen LogP contribution is -2.20. The number of anilines is 1. The number of hydrogen-bond acceptors (Lipinski definition) is 6. The SMILES string of the molecule is O=c1[nH]c2cnc(NC[C@@H]3CCNC3)nc2n1Cc1cc(Br)cc(OC(F)(F)F)c1. The number of aromatic nitrogens is 4. The summed E-state index contributed by atoms with van der Waals surface area (Å²) in [5, 5.41) is 6.46. The lowest BCUT2D eigenvalue weighted by molar-refractivity contribution is -0.274. The zero-order chi connectivity index (χ0) is 21.3. The van der Waals surface area contributed by atoms with Gasteiger partial charge >= 0.3 is 12.1 Å². The maximum atomic E-state index is 12.6. The second-order valence-corrected chi connectivity index (χ2v) is 7.95. The number of benzene rings is 1. The van der Waals surface area contributed by atoms with Gasteiger partial charge in [0.25, 0.3) is 0 Å². The van der Waals surface area contributed by atoms with E-state index in [9.17, 15) is 18.0 Å². The monoisotopic (exact) mass is 486 g/mol. The Morgan fingerprint density at radius 3 is 2.90 bits per heavy atom. The predicted octanol–water partition coefficient (Wildman–Crippen LogP) is 2.85. The van der Waals surface area contributed by atoms with Gasteiger partial charge in [-0.3, -0.25) is 4.57 Å². The molecule has 0 amide bonds. The van der Waals surface area contributed by atoms with Gasteiger partial charge < -0.3 is 20.4 Å². The minimum Gasteiger partial charge on any atom is -0.406 e. The average molecular weight is 487 g/mol. The number of fused-ring (bicyclic) bond motifs is 1. The fourth-order valence-electron chi connectivity index (χ4n) is 3.39. The minimum atomic E-state index is -4.81. The zero-order valence-corrected chi connectivity index (χ0v) is 17.2. The van der Waals surface area contributed by atoms with Crippen LogP contribution in [0.4, 0.5) is 19.1 Å².